The SMILES string of the molecule is CC(C)(C)OC=O.COC(=N)c1c(N)ncnc1N1CCNCC1. The van der Waals surface area contributed by atoms with Crippen molar-refractivity contribution >= 4 is 24.0 Å². The summed E-state index contributed by atoms with van der Waals surface area (Å²) in [6.45, 7) is 9.37. The molecule has 0 atom stereocenters. The maximum atomic E-state index is 9.60. The highest BCUT2D eigenvalue weighted by Gasteiger charge is 2.21. The molecule has 0 saturated carbocycles. The van der Waals surface area contributed by atoms with Crippen LogP contribution in [0.25, 0.3) is 0 Å². The monoisotopic (exact) mass is 338 g/mol. The number of rotatable bonds is 3. The molecule has 0 aromatic carbocycles. The summed E-state index contributed by atoms with van der Waals surface area (Å²) < 4.78 is 9.48. The third kappa shape index (κ3) is 5.99. The molecule has 1 aliphatic rings. The first kappa shape index (κ1) is 19.6. The molecule has 2 rings (SSSR count). The van der Waals surface area contributed by atoms with E-state index in [-0.39, 0.29) is 17.3 Å². The minimum atomic E-state index is -0.318. The van der Waals surface area contributed by atoms with Gasteiger partial charge in [-0.05, 0) is 20.8 Å². The highest BCUT2D eigenvalue weighted by molar-refractivity contribution is 6.00. The van der Waals surface area contributed by atoms with Crippen molar-refractivity contribution in [3.05, 3.63) is 11.9 Å². The van der Waals surface area contributed by atoms with Gasteiger partial charge in [-0.2, -0.15) is 0 Å². The number of hydrogen-bond acceptors (Lipinski definition) is 9. The number of nitrogens with two attached hydrogens (primary N) is 1. The van der Waals surface area contributed by atoms with Gasteiger partial charge in [-0.25, -0.2) is 9.97 Å². The smallest absolute Gasteiger partial charge is 0.293 e. The molecule has 0 spiro atoms. The number of anilines is 2. The van der Waals surface area contributed by atoms with Crippen LogP contribution in [0.15, 0.2) is 6.33 Å². The van der Waals surface area contributed by atoms with Crippen LogP contribution in [0.1, 0.15) is 26.3 Å². The number of aromatic nitrogens is 2. The van der Waals surface area contributed by atoms with Gasteiger partial charge in [0, 0.05) is 26.2 Å². The first-order valence-corrected chi connectivity index (χ1v) is 7.60. The minimum absolute atomic E-state index is 0.00312. The van der Waals surface area contributed by atoms with Gasteiger partial charge in [-0.1, -0.05) is 0 Å². The average Bonchev–Trinajstić information content (AvgIpc) is 2.54. The Hall–Kier alpha value is -2.42. The fraction of sp³-hybridized carbons (Fsp3) is 0.600. The van der Waals surface area contributed by atoms with E-state index in [0.29, 0.717) is 17.9 Å². The van der Waals surface area contributed by atoms with Gasteiger partial charge in [0.1, 0.15) is 29.1 Å². The molecule has 0 aliphatic carbocycles. The Morgan fingerprint density at radius 1 is 1.38 bits per heavy atom. The Balaban J connectivity index is 0.000000351. The van der Waals surface area contributed by atoms with Gasteiger partial charge in [0.25, 0.3) is 6.47 Å². The van der Waals surface area contributed by atoms with Gasteiger partial charge >= 0.3 is 0 Å². The number of nitrogen functional groups attached to an aromatic ring is 1. The van der Waals surface area contributed by atoms with Crippen molar-refractivity contribution in [2.75, 3.05) is 43.9 Å². The van der Waals surface area contributed by atoms with E-state index in [4.69, 9.17) is 15.9 Å². The maximum Gasteiger partial charge on any atom is 0.293 e. The summed E-state index contributed by atoms with van der Waals surface area (Å²) in [6.07, 6.45) is 1.42. The van der Waals surface area contributed by atoms with Crippen LogP contribution in [0.2, 0.25) is 0 Å². The van der Waals surface area contributed by atoms with Crippen LogP contribution < -0.4 is 16.0 Å². The van der Waals surface area contributed by atoms with E-state index in [1.807, 2.05) is 20.8 Å². The summed E-state index contributed by atoms with van der Waals surface area (Å²) in [7, 11) is 1.44. The highest BCUT2D eigenvalue weighted by Crippen LogP contribution is 2.22. The number of piperazine rings is 1. The van der Waals surface area contributed by atoms with Crippen molar-refractivity contribution in [3.8, 4) is 0 Å². The number of carbonyl (C=O) groups excluding carboxylic acids is 1. The van der Waals surface area contributed by atoms with Crippen LogP contribution in [0.4, 0.5) is 11.6 Å². The Kier molecular flexibility index (Phi) is 7.37. The first-order valence-electron chi connectivity index (χ1n) is 7.60. The van der Waals surface area contributed by atoms with Gasteiger partial charge in [-0.3, -0.25) is 10.2 Å². The lowest BCUT2D eigenvalue weighted by Gasteiger charge is -2.29. The lowest BCUT2D eigenvalue weighted by Crippen LogP contribution is -2.44. The zero-order chi connectivity index (χ0) is 18.2. The van der Waals surface area contributed by atoms with Crippen molar-refractivity contribution in [2.24, 2.45) is 0 Å². The molecule has 1 saturated heterocycles. The standard InChI is InChI=1S/C10H16N6O.C5H10O2/c1-17-9(12)7-8(11)14-6-15-10(7)16-4-2-13-3-5-16;1-5(2,3)7-4-6/h6,12-13H,2-5H2,1H3,(H2,11,14,15);4H,1-3H3. The third-order valence-electron chi connectivity index (χ3n) is 3.11. The van der Waals surface area contributed by atoms with Crippen molar-refractivity contribution in [1.82, 2.24) is 15.3 Å². The second kappa shape index (κ2) is 9.02. The summed E-state index contributed by atoms with van der Waals surface area (Å²) in [6, 6.07) is 0. The fourth-order valence-corrected chi connectivity index (χ4v) is 1.97. The van der Waals surface area contributed by atoms with Crippen molar-refractivity contribution in [2.45, 2.75) is 26.4 Å². The lowest BCUT2D eigenvalue weighted by atomic mass is 10.2. The molecule has 0 unspecified atom stereocenters. The zero-order valence-electron chi connectivity index (χ0n) is 14.6. The molecule has 0 bridgehead atoms. The van der Waals surface area contributed by atoms with Crippen molar-refractivity contribution < 1.29 is 14.3 Å². The average molecular weight is 338 g/mol. The zero-order valence-corrected chi connectivity index (χ0v) is 14.6. The predicted molar refractivity (Wildman–Crippen MR) is 92.3 cm³/mol. The molecule has 134 valence electrons. The number of carbonyl (C=O) groups is 1. The third-order valence-corrected chi connectivity index (χ3v) is 3.11. The van der Waals surface area contributed by atoms with Crippen LogP contribution in [0.5, 0.6) is 0 Å². The maximum absolute atomic E-state index is 9.60. The Labute approximate surface area is 142 Å². The fourth-order valence-electron chi connectivity index (χ4n) is 1.97. The molecule has 1 fully saturated rings. The molecule has 9 heteroatoms. The molecule has 24 heavy (non-hydrogen) atoms. The van der Waals surface area contributed by atoms with Crippen LogP contribution in [-0.4, -0.2) is 61.2 Å². The first-order chi connectivity index (χ1) is 11.3. The quantitative estimate of drug-likeness (QED) is 0.411. The summed E-state index contributed by atoms with van der Waals surface area (Å²) in [5.41, 5.74) is 5.94. The van der Waals surface area contributed by atoms with Gasteiger partial charge in [0.2, 0.25) is 5.90 Å². The van der Waals surface area contributed by atoms with Crippen LogP contribution in [0, 0.1) is 5.41 Å². The summed E-state index contributed by atoms with van der Waals surface area (Å²) >= 11 is 0. The Morgan fingerprint density at radius 2 is 2.00 bits per heavy atom. The molecule has 1 aliphatic heterocycles. The van der Waals surface area contributed by atoms with Crippen molar-refractivity contribution in [1.29, 1.82) is 5.41 Å². The van der Waals surface area contributed by atoms with E-state index in [1.54, 1.807) is 0 Å². The summed E-state index contributed by atoms with van der Waals surface area (Å²) in [4.78, 5) is 19.8. The summed E-state index contributed by atoms with van der Waals surface area (Å²) in [5.74, 6) is 0.947. The van der Waals surface area contributed by atoms with Gasteiger partial charge in [-0.15, -0.1) is 0 Å². The number of hydrogen-bond donors (Lipinski definition) is 3. The van der Waals surface area contributed by atoms with E-state index in [2.05, 4.69) is 24.9 Å². The van der Waals surface area contributed by atoms with E-state index < -0.39 is 0 Å². The largest absolute Gasteiger partial charge is 0.481 e. The van der Waals surface area contributed by atoms with Gasteiger partial charge in [0.05, 0.1) is 7.11 Å². The number of nitrogens with one attached hydrogen (secondary N) is 2. The van der Waals surface area contributed by atoms with Crippen molar-refractivity contribution in [3.63, 3.8) is 0 Å². The molecular formula is C15H26N6O3. The molecule has 1 aromatic rings. The molecule has 1 aromatic heterocycles. The number of methoxy groups -OCH3 is 1. The molecule has 0 radical (unpaired) electrons. The van der Waals surface area contributed by atoms with Gasteiger partial charge in [0.15, 0.2) is 0 Å². The molecule has 0 amide bonds. The van der Waals surface area contributed by atoms with Crippen LogP contribution in [0.3, 0.4) is 0 Å². The molecule has 4 N–H and O–H groups in total. The lowest BCUT2D eigenvalue weighted by molar-refractivity contribution is -0.138. The van der Waals surface area contributed by atoms with E-state index in [1.165, 1.54) is 13.4 Å². The minimum Gasteiger partial charge on any atom is -0.481 e. The number of ether oxygens (including phenoxy) is 2. The second-order valence-corrected chi connectivity index (χ2v) is 6.05. The second-order valence-electron chi connectivity index (χ2n) is 6.05. The molecule has 2 heterocycles. The van der Waals surface area contributed by atoms with Gasteiger partial charge < -0.3 is 25.4 Å². The van der Waals surface area contributed by atoms with E-state index in [9.17, 15) is 4.79 Å². The number of nitrogens with zero attached hydrogens (tertiary/aromatic N) is 3. The van der Waals surface area contributed by atoms with E-state index in [0.717, 1.165) is 26.2 Å². The highest BCUT2D eigenvalue weighted by atomic mass is 16.5. The van der Waals surface area contributed by atoms with Crippen LogP contribution in [-0.2, 0) is 14.3 Å². The topological polar surface area (TPSA) is 126 Å². The summed E-state index contributed by atoms with van der Waals surface area (Å²) in [5, 5.41) is 11.0. The van der Waals surface area contributed by atoms with Crippen LogP contribution >= 0.6 is 0 Å². The normalized spacial score (nSPS) is 14.2. The predicted octanol–water partition coefficient (Wildman–Crippen LogP) is 0.398. The Bertz CT molecular complexity index is 553. The molecular weight excluding hydrogens is 312 g/mol. The van der Waals surface area contributed by atoms with E-state index >= 15 is 0 Å². The molecule has 9 nitrogen and oxygen atoms in total. The Morgan fingerprint density at radius 3 is 2.46 bits per heavy atom.